The smallest absolute Gasteiger partial charge is 0.316 e. The number of hydrogen-bond donors (Lipinski definition) is 1. The summed E-state index contributed by atoms with van der Waals surface area (Å²) in [5, 5.41) is 2.99. The van der Waals surface area contributed by atoms with Crippen molar-refractivity contribution in [3.8, 4) is 0 Å². The van der Waals surface area contributed by atoms with E-state index in [1.807, 2.05) is 14.0 Å². The molecule has 0 amide bonds. The SMILES string of the molecule is CCC(=Cc1cccc(C(F)(F)F)c1)CNC. The van der Waals surface area contributed by atoms with Crippen molar-refractivity contribution >= 4 is 6.08 Å². The Hall–Kier alpha value is -1.29. The third-order valence-corrected chi connectivity index (χ3v) is 2.44. The molecule has 0 radical (unpaired) electrons. The monoisotopic (exact) mass is 243 g/mol. The average molecular weight is 243 g/mol. The summed E-state index contributed by atoms with van der Waals surface area (Å²) in [6, 6.07) is 5.37. The van der Waals surface area contributed by atoms with E-state index in [2.05, 4.69) is 5.32 Å². The molecule has 0 aromatic heterocycles. The van der Waals surface area contributed by atoms with Gasteiger partial charge in [0.05, 0.1) is 5.56 Å². The van der Waals surface area contributed by atoms with Crippen LogP contribution in [0.25, 0.3) is 6.08 Å². The molecule has 0 bridgehead atoms. The summed E-state index contributed by atoms with van der Waals surface area (Å²) in [6.07, 6.45) is -1.66. The van der Waals surface area contributed by atoms with Gasteiger partial charge in [0.1, 0.15) is 0 Å². The summed E-state index contributed by atoms with van der Waals surface area (Å²) in [6.45, 7) is 2.67. The van der Waals surface area contributed by atoms with Crippen LogP contribution in [0.2, 0.25) is 0 Å². The molecule has 0 saturated heterocycles. The third-order valence-electron chi connectivity index (χ3n) is 2.44. The Balaban J connectivity index is 2.99. The molecule has 0 aliphatic carbocycles. The van der Waals surface area contributed by atoms with Crippen LogP contribution in [0.3, 0.4) is 0 Å². The second-order valence-electron chi connectivity index (χ2n) is 3.81. The lowest BCUT2D eigenvalue weighted by Gasteiger charge is -2.08. The molecule has 1 N–H and O–H groups in total. The highest BCUT2D eigenvalue weighted by atomic mass is 19.4. The van der Waals surface area contributed by atoms with Crippen molar-refractivity contribution in [2.45, 2.75) is 19.5 Å². The standard InChI is InChI=1S/C13H16F3N/c1-3-10(9-17-2)7-11-5-4-6-12(8-11)13(14,15)16/h4-8,17H,3,9H2,1-2H3. The summed E-state index contributed by atoms with van der Waals surface area (Å²) < 4.78 is 37.5. The van der Waals surface area contributed by atoms with Crippen molar-refractivity contribution in [2.75, 3.05) is 13.6 Å². The van der Waals surface area contributed by atoms with Crippen molar-refractivity contribution in [3.63, 3.8) is 0 Å². The van der Waals surface area contributed by atoms with Crippen LogP contribution in [0, 0.1) is 0 Å². The van der Waals surface area contributed by atoms with Crippen molar-refractivity contribution in [1.82, 2.24) is 5.32 Å². The normalized spacial score (nSPS) is 12.9. The van der Waals surface area contributed by atoms with Crippen LogP contribution in [0.5, 0.6) is 0 Å². The molecule has 4 heteroatoms. The van der Waals surface area contributed by atoms with Crippen LogP contribution in [-0.4, -0.2) is 13.6 Å². The minimum atomic E-state index is -4.28. The van der Waals surface area contributed by atoms with Crippen molar-refractivity contribution in [2.24, 2.45) is 0 Å². The molecule has 94 valence electrons. The van der Waals surface area contributed by atoms with Gasteiger partial charge < -0.3 is 5.32 Å². The molecule has 1 nitrogen and oxygen atoms in total. The molecule has 0 atom stereocenters. The Kier molecular flexibility index (Phi) is 4.75. The zero-order chi connectivity index (χ0) is 12.9. The second-order valence-corrected chi connectivity index (χ2v) is 3.81. The molecule has 0 saturated carbocycles. The van der Waals surface area contributed by atoms with Crippen molar-refractivity contribution in [3.05, 3.63) is 41.0 Å². The van der Waals surface area contributed by atoms with Crippen molar-refractivity contribution in [1.29, 1.82) is 0 Å². The Labute approximate surface area is 99.3 Å². The first kappa shape index (κ1) is 13.8. The highest BCUT2D eigenvalue weighted by molar-refractivity contribution is 5.54. The summed E-state index contributed by atoms with van der Waals surface area (Å²) in [4.78, 5) is 0. The van der Waals surface area contributed by atoms with E-state index >= 15 is 0 Å². The quantitative estimate of drug-likeness (QED) is 0.849. The fourth-order valence-corrected chi connectivity index (χ4v) is 1.55. The van der Waals surface area contributed by atoms with E-state index in [0.29, 0.717) is 12.1 Å². The van der Waals surface area contributed by atoms with Gasteiger partial charge in [0.15, 0.2) is 0 Å². The molecule has 0 heterocycles. The largest absolute Gasteiger partial charge is 0.416 e. The van der Waals surface area contributed by atoms with E-state index in [0.717, 1.165) is 18.1 Å². The first-order valence-corrected chi connectivity index (χ1v) is 5.48. The van der Waals surface area contributed by atoms with Gasteiger partial charge in [-0.15, -0.1) is 0 Å². The van der Waals surface area contributed by atoms with E-state index in [1.165, 1.54) is 12.1 Å². The first-order valence-electron chi connectivity index (χ1n) is 5.48. The highest BCUT2D eigenvalue weighted by Crippen LogP contribution is 2.29. The molecular formula is C13H16F3N. The van der Waals surface area contributed by atoms with Gasteiger partial charge in [-0.25, -0.2) is 0 Å². The lowest BCUT2D eigenvalue weighted by Crippen LogP contribution is -2.10. The number of hydrogen-bond acceptors (Lipinski definition) is 1. The van der Waals surface area contributed by atoms with E-state index in [9.17, 15) is 13.2 Å². The molecule has 0 fully saturated rings. The maximum atomic E-state index is 12.5. The van der Waals surface area contributed by atoms with E-state index < -0.39 is 11.7 Å². The number of alkyl halides is 3. The Bertz CT molecular complexity index is 394. The van der Waals surface area contributed by atoms with Gasteiger partial charge in [-0.05, 0) is 31.2 Å². The number of likely N-dealkylation sites (N-methyl/N-ethyl adjacent to an activating group) is 1. The molecule has 1 aromatic carbocycles. The van der Waals surface area contributed by atoms with Gasteiger partial charge in [-0.1, -0.05) is 30.7 Å². The fraction of sp³-hybridized carbons (Fsp3) is 0.385. The van der Waals surface area contributed by atoms with Crippen LogP contribution < -0.4 is 5.32 Å². The lowest BCUT2D eigenvalue weighted by atomic mass is 10.1. The average Bonchev–Trinajstić information content (AvgIpc) is 2.28. The lowest BCUT2D eigenvalue weighted by molar-refractivity contribution is -0.137. The van der Waals surface area contributed by atoms with E-state index in [-0.39, 0.29) is 0 Å². The number of benzene rings is 1. The van der Waals surface area contributed by atoms with Gasteiger partial charge in [-0.2, -0.15) is 13.2 Å². The number of rotatable bonds is 4. The molecular weight excluding hydrogens is 227 g/mol. The Morgan fingerprint density at radius 2 is 2.06 bits per heavy atom. The van der Waals surface area contributed by atoms with Crippen molar-refractivity contribution < 1.29 is 13.2 Å². The fourth-order valence-electron chi connectivity index (χ4n) is 1.55. The maximum Gasteiger partial charge on any atom is 0.416 e. The summed E-state index contributed by atoms with van der Waals surface area (Å²) in [5.41, 5.74) is 1.06. The number of nitrogens with one attached hydrogen (secondary N) is 1. The summed E-state index contributed by atoms with van der Waals surface area (Å²) in [5.74, 6) is 0. The molecule has 17 heavy (non-hydrogen) atoms. The zero-order valence-corrected chi connectivity index (χ0v) is 9.93. The predicted octanol–water partition coefficient (Wildman–Crippen LogP) is 3.72. The predicted molar refractivity (Wildman–Crippen MR) is 63.6 cm³/mol. The molecule has 0 aliphatic rings. The van der Waals surface area contributed by atoms with E-state index in [1.54, 1.807) is 12.1 Å². The van der Waals surface area contributed by atoms with Crippen LogP contribution in [0.15, 0.2) is 29.8 Å². The number of halogens is 3. The van der Waals surface area contributed by atoms with Gasteiger partial charge in [0, 0.05) is 6.54 Å². The third kappa shape index (κ3) is 4.23. The van der Waals surface area contributed by atoms with Gasteiger partial charge in [-0.3, -0.25) is 0 Å². The summed E-state index contributed by atoms with van der Waals surface area (Å²) >= 11 is 0. The topological polar surface area (TPSA) is 12.0 Å². The van der Waals surface area contributed by atoms with Crippen LogP contribution >= 0.6 is 0 Å². The maximum absolute atomic E-state index is 12.5. The molecule has 1 rings (SSSR count). The van der Waals surface area contributed by atoms with Crippen LogP contribution in [0.1, 0.15) is 24.5 Å². The first-order chi connectivity index (χ1) is 7.97. The van der Waals surface area contributed by atoms with E-state index in [4.69, 9.17) is 0 Å². The molecule has 0 aliphatic heterocycles. The zero-order valence-electron chi connectivity index (χ0n) is 9.93. The Morgan fingerprint density at radius 1 is 1.35 bits per heavy atom. The van der Waals surface area contributed by atoms with Gasteiger partial charge >= 0.3 is 6.18 Å². The second kappa shape index (κ2) is 5.87. The highest BCUT2D eigenvalue weighted by Gasteiger charge is 2.30. The summed E-state index contributed by atoms with van der Waals surface area (Å²) in [7, 11) is 1.82. The molecule has 1 aromatic rings. The molecule has 0 unspecified atom stereocenters. The minimum Gasteiger partial charge on any atom is -0.316 e. The van der Waals surface area contributed by atoms with Gasteiger partial charge in [0.2, 0.25) is 0 Å². The minimum absolute atomic E-state index is 0.590. The molecule has 0 spiro atoms. The van der Waals surface area contributed by atoms with Gasteiger partial charge in [0.25, 0.3) is 0 Å². The Morgan fingerprint density at radius 3 is 2.59 bits per heavy atom. The van der Waals surface area contributed by atoms with Crippen LogP contribution in [0.4, 0.5) is 13.2 Å². The van der Waals surface area contributed by atoms with Crippen LogP contribution in [-0.2, 0) is 6.18 Å².